The molecule has 0 fully saturated rings. The van der Waals surface area contributed by atoms with Gasteiger partial charge in [0.1, 0.15) is 11.8 Å². The van der Waals surface area contributed by atoms with Crippen molar-refractivity contribution < 1.29 is 0 Å². The summed E-state index contributed by atoms with van der Waals surface area (Å²) in [5.41, 5.74) is 1.75. The molecule has 0 aliphatic heterocycles. The van der Waals surface area contributed by atoms with Crippen molar-refractivity contribution in [1.29, 1.82) is 5.26 Å². The fourth-order valence-corrected chi connectivity index (χ4v) is 3.39. The van der Waals surface area contributed by atoms with Crippen molar-refractivity contribution in [3.05, 3.63) is 53.4 Å². The van der Waals surface area contributed by atoms with E-state index in [9.17, 15) is 0 Å². The molecular formula is C17H17ClN4S. The summed E-state index contributed by atoms with van der Waals surface area (Å²) < 4.78 is 5.43. The summed E-state index contributed by atoms with van der Waals surface area (Å²) in [4.78, 5) is 4.31. The van der Waals surface area contributed by atoms with E-state index >= 15 is 0 Å². The smallest absolute Gasteiger partial charge is 0.120 e. The number of nitrogens with zero attached hydrogens (tertiary/aromatic N) is 2. The lowest BCUT2D eigenvalue weighted by atomic mass is 10.2. The second-order valence-electron chi connectivity index (χ2n) is 5.45. The van der Waals surface area contributed by atoms with Crippen molar-refractivity contribution in [3.63, 3.8) is 0 Å². The van der Waals surface area contributed by atoms with Gasteiger partial charge in [-0.25, -0.2) is 0 Å². The summed E-state index contributed by atoms with van der Waals surface area (Å²) in [5, 5.41) is 10.8. The Morgan fingerprint density at radius 1 is 1.43 bits per heavy atom. The Morgan fingerprint density at radius 3 is 3.13 bits per heavy atom. The maximum Gasteiger partial charge on any atom is 0.120 e. The number of benzene rings is 1. The number of hydrogen-bond donors (Lipinski definition) is 2. The van der Waals surface area contributed by atoms with E-state index in [0.29, 0.717) is 11.7 Å². The number of rotatable bonds is 6. The third-order valence-corrected chi connectivity index (χ3v) is 5.05. The van der Waals surface area contributed by atoms with Crippen molar-refractivity contribution in [3.8, 4) is 6.07 Å². The van der Waals surface area contributed by atoms with E-state index in [1.54, 1.807) is 18.1 Å². The van der Waals surface area contributed by atoms with Crippen LogP contribution in [0.4, 0.5) is 0 Å². The van der Waals surface area contributed by atoms with Crippen LogP contribution in [-0.2, 0) is 6.54 Å². The second-order valence-corrected chi connectivity index (χ2v) is 6.77. The quantitative estimate of drug-likeness (QED) is 0.644. The number of H-pyrrole nitrogens is 1. The molecule has 1 unspecified atom stereocenters. The summed E-state index contributed by atoms with van der Waals surface area (Å²) in [5.74, 6) is 0. The average Bonchev–Trinajstić information content (AvgIpc) is 3.17. The zero-order valence-electron chi connectivity index (χ0n) is 12.7. The molecule has 0 saturated heterocycles. The van der Waals surface area contributed by atoms with Gasteiger partial charge >= 0.3 is 0 Å². The van der Waals surface area contributed by atoms with Gasteiger partial charge in [0.15, 0.2) is 0 Å². The monoisotopic (exact) mass is 344 g/mol. The van der Waals surface area contributed by atoms with Gasteiger partial charge < -0.3 is 9.55 Å². The lowest BCUT2D eigenvalue weighted by molar-refractivity contribution is 0.548. The van der Waals surface area contributed by atoms with Gasteiger partial charge in [-0.2, -0.15) is 5.26 Å². The van der Waals surface area contributed by atoms with Gasteiger partial charge in [0.2, 0.25) is 0 Å². The molecule has 1 aromatic carbocycles. The maximum absolute atomic E-state index is 9.01. The molecule has 0 bridgehead atoms. The summed E-state index contributed by atoms with van der Waals surface area (Å²) >= 11 is 7.70. The van der Waals surface area contributed by atoms with E-state index in [2.05, 4.69) is 34.8 Å². The Kier molecular flexibility index (Phi) is 4.97. The normalized spacial score (nSPS) is 12.4. The van der Waals surface area contributed by atoms with E-state index in [-0.39, 0.29) is 0 Å². The summed E-state index contributed by atoms with van der Waals surface area (Å²) in [6.07, 6.45) is 4.70. The Balaban J connectivity index is 1.53. The highest BCUT2D eigenvalue weighted by atomic mass is 35.5. The molecule has 0 amide bonds. The van der Waals surface area contributed by atoms with Gasteiger partial charge in [-0.3, -0.25) is 4.72 Å². The highest BCUT2D eigenvalue weighted by molar-refractivity contribution is 7.97. The molecule has 23 heavy (non-hydrogen) atoms. The van der Waals surface area contributed by atoms with E-state index in [1.165, 1.54) is 0 Å². The second kappa shape index (κ2) is 7.14. The number of nitriles is 1. The lowest BCUT2D eigenvalue weighted by Crippen LogP contribution is -2.21. The van der Waals surface area contributed by atoms with Crippen molar-refractivity contribution >= 4 is 34.5 Å². The van der Waals surface area contributed by atoms with Crippen LogP contribution in [0.25, 0.3) is 10.9 Å². The van der Waals surface area contributed by atoms with Crippen molar-refractivity contribution in [1.82, 2.24) is 14.3 Å². The standard InChI is InChI=1S/C17H17ClN4S/c1-12(6-8-22-7-2-3-13(22)10-19)21-23-14-4-5-15-16(18)11-20-17(15)9-14/h2-5,7,9,11-12,20-21H,6,8H2,1H3. The van der Waals surface area contributed by atoms with Crippen molar-refractivity contribution in [2.45, 2.75) is 30.8 Å². The Hall–Kier alpha value is -1.87. The van der Waals surface area contributed by atoms with E-state index < -0.39 is 0 Å². The number of aromatic amines is 1. The van der Waals surface area contributed by atoms with Gasteiger partial charge in [0.25, 0.3) is 0 Å². The van der Waals surface area contributed by atoms with E-state index in [4.69, 9.17) is 16.9 Å². The van der Waals surface area contributed by atoms with Crippen LogP contribution in [0.3, 0.4) is 0 Å². The topological polar surface area (TPSA) is 56.5 Å². The molecule has 0 aliphatic rings. The molecule has 0 spiro atoms. The molecule has 0 aliphatic carbocycles. The van der Waals surface area contributed by atoms with Crippen LogP contribution in [0.1, 0.15) is 19.0 Å². The molecule has 2 aromatic heterocycles. The predicted octanol–water partition coefficient (Wildman–Crippen LogP) is 4.57. The van der Waals surface area contributed by atoms with Crippen molar-refractivity contribution in [2.24, 2.45) is 0 Å². The number of halogens is 1. The molecule has 1 atom stereocenters. The third kappa shape index (κ3) is 3.73. The van der Waals surface area contributed by atoms with Gasteiger partial charge in [0, 0.05) is 40.8 Å². The molecular weight excluding hydrogens is 328 g/mol. The number of aromatic nitrogens is 2. The van der Waals surface area contributed by atoms with Crippen LogP contribution < -0.4 is 4.72 Å². The van der Waals surface area contributed by atoms with E-state index in [0.717, 1.165) is 33.8 Å². The molecule has 6 heteroatoms. The minimum atomic E-state index is 0.330. The first-order valence-electron chi connectivity index (χ1n) is 7.41. The van der Waals surface area contributed by atoms with Crippen LogP contribution >= 0.6 is 23.5 Å². The highest BCUT2D eigenvalue weighted by Crippen LogP contribution is 2.27. The third-order valence-electron chi connectivity index (χ3n) is 3.73. The summed E-state index contributed by atoms with van der Waals surface area (Å²) in [7, 11) is 0. The number of nitrogens with one attached hydrogen (secondary N) is 2. The molecule has 118 valence electrons. The molecule has 2 heterocycles. The van der Waals surface area contributed by atoms with Gasteiger partial charge in [-0.05, 0) is 49.6 Å². The average molecular weight is 345 g/mol. The Bertz CT molecular complexity index is 846. The van der Waals surface area contributed by atoms with Gasteiger partial charge in [-0.1, -0.05) is 17.7 Å². The first-order valence-corrected chi connectivity index (χ1v) is 8.61. The molecule has 0 radical (unpaired) electrons. The zero-order chi connectivity index (χ0) is 16.2. The fraction of sp³-hybridized carbons (Fsp3) is 0.235. The Morgan fingerprint density at radius 2 is 2.30 bits per heavy atom. The number of hydrogen-bond acceptors (Lipinski definition) is 3. The highest BCUT2D eigenvalue weighted by Gasteiger charge is 2.07. The lowest BCUT2D eigenvalue weighted by Gasteiger charge is -2.14. The van der Waals surface area contributed by atoms with Crippen molar-refractivity contribution in [2.75, 3.05) is 0 Å². The minimum Gasteiger partial charge on any atom is -0.360 e. The maximum atomic E-state index is 9.01. The van der Waals surface area contributed by atoms with Gasteiger partial charge in [-0.15, -0.1) is 0 Å². The molecule has 3 rings (SSSR count). The van der Waals surface area contributed by atoms with Crippen LogP contribution in [0.5, 0.6) is 0 Å². The van der Waals surface area contributed by atoms with Crippen LogP contribution in [0.2, 0.25) is 5.02 Å². The van der Waals surface area contributed by atoms with E-state index in [1.807, 2.05) is 29.0 Å². The largest absolute Gasteiger partial charge is 0.360 e. The molecule has 3 aromatic rings. The zero-order valence-corrected chi connectivity index (χ0v) is 14.3. The predicted molar refractivity (Wildman–Crippen MR) is 95.5 cm³/mol. The first-order chi connectivity index (χ1) is 11.2. The molecule has 4 nitrogen and oxygen atoms in total. The number of fused-ring (bicyclic) bond motifs is 1. The van der Waals surface area contributed by atoms with Crippen LogP contribution in [0.15, 0.2) is 47.6 Å². The van der Waals surface area contributed by atoms with Crippen LogP contribution in [-0.4, -0.2) is 15.6 Å². The SMILES string of the molecule is CC(CCn1cccc1C#N)NSc1ccc2c(Cl)c[nH]c2c1. The summed E-state index contributed by atoms with van der Waals surface area (Å²) in [6.45, 7) is 2.97. The Labute approximate surface area is 144 Å². The molecule has 2 N–H and O–H groups in total. The van der Waals surface area contributed by atoms with Gasteiger partial charge in [0.05, 0.1) is 5.02 Å². The first kappa shape index (κ1) is 16.0. The van der Waals surface area contributed by atoms with Crippen LogP contribution in [0, 0.1) is 11.3 Å². The minimum absolute atomic E-state index is 0.330. The molecule has 0 saturated carbocycles. The fourth-order valence-electron chi connectivity index (χ4n) is 2.40. The summed E-state index contributed by atoms with van der Waals surface area (Å²) in [6, 6.07) is 12.5. The number of aryl methyl sites for hydroxylation is 1.